The van der Waals surface area contributed by atoms with Crippen LogP contribution in [0.3, 0.4) is 0 Å². The van der Waals surface area contributed by atoms with E-state index in [-0.39, 0.29) is 17.4 Å². The van der Waals surface area contributed by atoms with Gasteiger partial charge in [-0.05, 0) is 61.9 Å². The zero-order valence-corrected chi connectivity index (χ0v) is 19.0. The molecule has 3 rings (SSSR count). The molecule has 1 saturated heterocycles. The van der Waals surface area contributed by atoms with Crippen LogP contribution in [0.15, 0.2) is 42.5 Å². The fourth-order valence-electron chi connectivity index (χ4n) is 4.44. The Morgan fingerprint density at radius 1 is 1.16 bits per heavy atom. The van der Waals surface area contributed by atoms with Gasteiger partial charge in [0.05, 0.1) is 12.6 Å². The van der Waals surface area contributed by atoms with Crippen LogP contribution < -0.4 is 15.0 Å². The number of piperidine rings is 1. The Bertz CT molecular complexity index is 908. The minimum absolute atomic E-state index is 0.00280. The number of rotatable bonds is 11. The van der Waals surface area contributed by atoms with Crippen LogP contribution >= 0.6 is 0 Å². The van der Waals surface area contributed by atoms with E-state index in [0.29, 0.717) is 12.2 Å². The van der Waals surface area contributed by atoms with Crippen LogP contribution in [-0.2, 0) is 4.79 Å². The molecule has 0 amide bonds. The number of benzene rings is 2. The summed E-state index contributed by atoms with van der Waals surface area (Å²) in [6.45, 7) is 6.42. The molecule has 32 heavy (non-hydrogen) atoms. The van der Waals surface area contributed by atoms with Crippen molar-refractivity contribution in [2.45, 2.75) is 58.0 Å². The van der Waals surface area contributed by atoms with Crippen LogP contribution in [0, 0.1) is 0 Å². The molecule has 0 radical (unpaired) electrons. The second kappa shape index (κ2) is 11.7. The largest absolute Gasteiger partial charge is 0.493 e. The SMILES string of the molecule is CCCC(NC(C=O)c1ccc(C(=O)O)c(OCC)c1)c1ccccc1N1CCCCC1. The van der Waals surface area contributed by atoms with Gasteiger partial charge in [-0.1, -0.05) is 37.6 Å². The lowest BCUT2D eigenvalue weighted by Gasteiger charge is -2.33. The fourth-order valence-corrected chi connectivity index (χ4v) is 4.44. The Hall–Kier alpha value is -2.86. The highest BCUT2D eigenvalue weighted by Crippen LogP contribution is 2.33. The predicted octanol–water partition coefficient (Wildman–Crippen LogP) is 5.14. The van der Waals surface area contributed by atoms with Gasteiger partial charge in [-0.3, -0.25) is 5.32 Å². The third-order valence-electron chi connectivity index (χ3n) is 6.00. The lowest BCUT2D eigenvalue weighted by atomic mass is 9.96. The number of carboxylic acid groups (broad SMARTS) is 1. The molecule has 2 unspecified atom stereocenters. The summed E-state index contributed by atoms with van der Waals surface area (Å²) in [4.78, 5) is 26.1. The Labute approximate surface area is 190 Å². The van der Waals surface area contributed by atoms with Crippen molar-refractivity contribution in [1.29, 1.82) is 0 Å². The number of anilines is 1. The van der Waals surface area contributed by atoms with Crippen molar-refractivity contribution in [2.75, 3.05) is 24.6 Å². The van der Waals surface area contributed by atoms with E-state index in [2.05, 4.69) is 41.4 Å². The Balaban J connectivity index is 1.91. The average molecular weight is 439 g/mol. The smallest absolute Gasteiger partial charge is 0.339 e. The lowest BCUT2D eigenvalue weighted by Crippen LogP contribution is -2.33. The molecule has 2 N–H and O–H groups in total. The maximum atomic E-state index is 12.1. The quantitative estimate of drug-likeness (QED) is 0.473. The van der Waals surface area contributed by atoms with Crippen LogP contribution in [0.1, 0.15) is 79.5 Å². The number of aromatic carboxylic acids is 1. The molecule has 1 heterocycles. The standard InChI is InChI=1S/C26H34N2O4/c1-3-10-22(20-11-6-7-12-24(20)28-15-8-5-9-16-28)27-23(18-29)19-13-14-21(26(30)31)25(17-19)32-4-2/h6-7,11-14,17-18,22-23,27H,3-5,8-10,15-16H2,1-2H3,(H,30,31). The summed E-state index contributed by atoms with van der Waals surface area (Å²) in [5.41, 5.74) is 3.24. The molecule has 0 saturated carbocycles. The number of ether oxygens (including phenoxy) is 1. The summed E-state index contributed by atoms with van der Waals surface area (Å²) in [5, 5.41) is 13.0. The third-order valence-corrected chi connectivity index (χ3v) is 6.00. The molecule has 1 aliphatic heterocycles. The fraction of sp³-hybridized carbons (Fsp3) is 0.462. The Kier molecular flexibility index (Phi) is 8.68. The highest BCUT2D eigenvalue weighted by atomic mass is 16.5. The molecule has 0 aliphatic carbocycles. The minimum Gasteiger partial charge on any atom is -0.493 e. The molecule has 2 aromatic rings. The monoisotopic (exact) mass is 438 g/mol. The van der Waals surface area contributed by atoms with Crippen LogP contribution in [0.25, 0.3) is 0 Å². The van der Waals surface area contributed by atoms with Gasteiger partial charge in [0.25, 0.3) is 0 Å². The number of hydrogen-bond donors (Lipinski definition) is 2. The molecule has 172 valence electrons. The number of nitrogens with zero attached hydrogens (tertiary/aromatic N) is 1. The van der Waals surface area contributed by atoms with Crippen molar-refractivity contribution in [3.05, 3.63) is 59.2 Å². The maximum absolute atomic E-state index is 12.1. The summed E-state index contributed by atoms with van der Waals surface area (Å²) < 4.78 is 5.54. The van der Waals surface area contributed by atoms with Crippen molar-refractivity contribution < 1.29 is 19.4 Å². The summed E-state index contributed by atoms with van der Waals surface area (Å²) in [6.07, 6.45) is 6.43. The van der Waals surface area contributed by atoms with E-state index in [9.17, 15) is 14.7 Å². The molecule has 6 heteroatoms. The van der Waals surface area contributed by atoms with E-state index < -0.39 is 12.0 Å². The Morgan fingerprint density at radius 2 is 1.91 bits per heavy atom. The van der Waals surface area contributed by atoms with E-state index in [1.807, 2.05) is 6.92 Å². The lowest BCUT2D eigenvalue weighted by molar-refractivity contribution is -0.109. The second-order valence-corrected chi connectivity index (χ2v) is 8.22. The van der Waals surface area contributed by atoms with E-state index in [1.165, 1.54) is 36.6 Å². The third kappa shape index (κ3) is 5.68. The first-order valence-corrected chi connectivity index (χ1v) is 11.6. The van der Waals surface area contributed by atoms with Crippen molar-refractivity contribution in [2.24, 2.45) is 0 Å². The normalized spacial score (nSPS) is 15.8. The van der Waals surface area contributed by atoms with Crippen LogP contribution in [0.4, 0.5) is 5.69 Å². The van der Waals surface area contributed by atoms with E-state index in [0.717, 1.165) is 32.2 Å². The number of carbonyl (C=O) groups excluding carboxylic acids is 1. The van der Waals surface area contributed by atoms with Crippen molar-refractivity contribution >= 4 is 17.9 Å². The maximum Gasteiger partial charge on any atom is 0.339 e. The summed E-state index contributed by atoms with van der Waals surface area (Å²) in [7, 11) is 0. The van der Waals surface area contributed by atoms with Gasteiger partial charge in [0.2, 0.25) is 0 Å². The van der Waals surface area contributed by atoms with Crippen LogP contribution in [0.5, 0.6) is 5.75 Å². The first-order chi connectivity index (χ1) is 15.6. The number of aldehydes is 1. The molecule has 2 atom stereocenters. The summed E-state index contributed by atoms with van der Waals surface area (Å²) >= 11 is 0. The molecular weight excluding hydrogens is 404 g/mol. The van der Waals surface area contributed by atoms with Gasteiger partial charge in [0.15, 0.2) is 0 Å². The minimum atomic E-state index is -1.05. The van der Waals surface area contributed by atoms with Gasteiger partial charge in [-0.2, -0.15) is 0 Å². The molecule has 2 aromatic carbocycles. The summed E-state index contributed by atoms with van der Waals surface area (Å²) in [5.74, 6) is -0.762. The molecule has 0 spiro atoms. The van der Waals surface area contributed by atoms with Crippen molar-refractivity contribution in [3.8, 4) is 5.75 Å². The number of nitrogens with one attached hydrogen (secondary N) is 1. The van der Waals surface area contributed by atoms with Gasteiger partial charge >= 0.3 is 5.97 Å². The first-order valence-electron chi connectivity index (χ1n) is 11.6. The molecular formula is C26H34N2O4. The predicted molar refractivity (Wildman–Crippen MR) is 127 cm³/mol. The van der Waals surface area contributed by atoms with E-state index >= 15 is 0 Å². The van der Waals surface area contributed by atoms with Gasteiger partial charge in [0, 0.05) is 24.8 Å². The molecule has 6 nitrogen and oxygen atoms in total. The Morgan fingerprint density at radius 3 is 2.56 bits per heavy atom. The van der Waals surface area contributed by atoms with Crippen LogP contribution in [-0.4, -0.2) is 37.1 Å². The number of hydrogen-bond acceptors (Lipinski definition) is 5. The summed E-state index contributed by atoms with van der Waals surface area (Å²) in [6, 6.07) is 12.8. The van der Waals surface area contributed by atoms with Gasteiger partial charge in [0.1, 0.15) is 17.6 Å². The van der Waals surface area contributed by atoms with E-state index in [1.54, 1.807) is 12.1 Å². The van der Waals surface area contributed by atoms with Gasteiger partial charge in [-0.25, -0.2) is 4.79 Å². The van der Waals surface area contributed by atoms with Gasteiger partial charge < -0.3 is 19.5 Å². The van der Waals surface area contributed by atoms with Crippen molar-refractivity contribution in [3.63, 3.8) is 0 Å². The molecule has 0 bridgehead atoms. The van der Waals surface area contributed by atoms with Crippen molar-refractivity contribution in [1.82, 2.24) is 5.32 Å². The molecule has 0 aromatic heterocycles. The van der Waals surface area contributed by atoms with E-state index in [4.69, 9.17) is 4.74 Å². The number of carbonyl (C=O) groups is 2. The first kappa shape index (κ1) is 23.8. The highest BCUT2D eigenvalue weighted by Gasteiger charge is 2.24. The van der Waals surface area contributed by atoms with Crippen LogP contribution in [0.2, 0.25) is 0 Å². The number of carboxylic acids is 1. The zero-order valence-electron chi connectivity index (χ0n) is 19.0. The number of para-hydroxylation sites is 1. The van der Waals surface area contributed by atoms with Gasteiger partial charge in [-0.15, -0.1) is 0 Å². The zero-order chi connectivity index (χ0) is 22.9. The molecule has 1 aliphatic rings. The highest BCUT2D eigenvalue weighted by molar-refractivity contribution is 5.91. The average Bonchev–Trinajstić information content (AvgIpc) is 2.82. The second-order valence-electron chi connectivity index (χ2n) is 8.22. The topological polar surface area (TPSA) is 78.9 Å². The molecule has 1 fully saturated rings.